The smallest absolute Gasteiger partial charge is 0.164 e. The molecule has 0 fully saturated rings. The van der Waals surface area contributed by atoms with E-state index in [1.54, 1.807) is 0 Å². The van der Waals surface area contributed by atoms with Crippen LogP contribution in [0.3, 0.4) is 0 Å². The van der Waals surface area contributed by atoms with Gasteiger partial charge in [-0.25, -0.2) is 0 Å². The first-order valence-electron chi connectivity index (χ1n) is 2.27. The van der Waals surface area contributed by atoms with Crippen LogP contribution in [0.2, 0.25) is 0 Å². The standard InChI is InChI=1S/C4H11OSi/c1-3-5-6-4-2/h4H,3,6H2,1-2H3. The largest absolute Gasteiger partial charge is 0.424 e. The maximum atomic E-state index is 5.07. The van der Waals surface area contributed by atoms with E-state index in [0.717, 1.165) is 6.61 Å². The lowest BCUT2D eigenvalue weighted by Crippen LogP contribution is -1.95. The number of rotatable bonds is 3. The summed E-state index contributed by atoms with van der Waals surface area (Å²) >= 11 is 0. The zero-order valence-corrected chi connectivity index (χ0v) is 5.81. The average molecular weight is 103 g/mol. The van der Waals surface area contributed by atoms with E-state index < -0.39 is 0 Å². The van der Waals surface area contributed by atoms with Crippen molar-refractivity contribution < 1.29 is 4.43 Å². The van der Waals surface area contributed by atoms with Crippen LogP contribution >= 0.6 is 0 Å². The molecule has 0 rings (SSSR count). The predicted octanol–water partition coefficient (Wildman–Crippen LogP) is 0.288. The summed E-state index contributed by atoms with van der Waals surface area (Å²) in [6.07, 6.45) is 0. The van der Waals surface area contributed by atoms with Gasteiger partial charge >= 0.3 is 0 Å². The molecule has 0 saturated heterocycles. The van der Waals surface area contributed by atoms with E-state index in [1.165, 1.54) is 0 Å². The van der Waals surface area contributed by atoms with Gasteiger partial charge in [-0.15, -0.1) is 0 Å². The van der Waals surface area contributed by atoms with Crippen LogP contribution in [0, 0.1) is 6.04 Å². The maximum Gasteiger partial charge on any atom is 0.164 e. The number of hydrogen-bond acceptors (Lipinski definition) is 1. The van der Waals surface area contributed by atoms with Gasteiger partial charge in [0.2, 0.25) is 0 Å². The lowest BCUT2D eigenvalue weighted by Gasteiger charge is -1.90. The molecule has 0 atom stereocenters. The van der Waals surface area contributed by atoms with Crippen LogP contribution in [0.15, 0.2) is 0 Å². The van der Waals surface area contributed by atoms with Gasteiger partial charge in [0.25, 0.3) is 0 Å². The highest BCUT2D eigenvalue weighted by atomic mass is 28.2. The van der Waals surface area contributed by atoms with Crippen LogP contribution in [0.4, 0.5) is 0 Å². The van der Waals surface area contributed by atoms with E-state index in [9.17, 15) is 0 Å². The van der Waals surface area contributed by atoms with Crippen LogP contribution in [-0.2, 0) is 4.43 Å². The minimum absolute atomic E-state index is 0.203. The molecule has 0 amide bonds. The Bertz CT molecular complexity index is 19.5. The minimum Gasteiger partial charge on any atom is -0.424 e. The highest BCUT2D eigenvalue weighted by Gasteiger charge is 1.75. The summed E-state index contributed by atoms with van der Waals surface area (Å²) < 4.78 is 5.07. The lowest BCUT2D eigenvalue weighted by atomic mass is 10.9. The van der Waals surface area contributed by atoms with Gasteiger partial charge < -0.3 is 4.43 Å². The van der Waals surface area contributed by atoms with Crippen LogP contribution in [-0.4, -0.2) is 16.4 Å². The molecule has 2 heteroatoms. The molecule has 0 N–H and O–H groups in total. The molecule has 0 aliphatic carbocycles. The predicted molar refractivity (Wildman–Crippen MR) is 30.1 cm³/mol. The van der Waals surface area contributed by atoms with Gasteiger partial charge in [0.15, 0.2) is 9.76 Å². The second-order valence-electron chi connectivity index (χ2n) is 1.07. The first-order valence-corrected chi connectivity index (χ1v) is 3.66. The van der Waals surface area contributed by atoms with Crippen LogP contribution in [0.5, 0.6) is 0 Å². The molecular weight excluding hydrogens is 92.1 g/mol. The summed E-state index contributed by atoms with van der Waals surface area (Å²) in [7, 11) is -0.203. The molecule has 0 aromatic carbocycles. The zero-order chi connectivity index (χ0) is 4.83. The van der Waals surface area contributed by atoms with Crippen molar-refractivity contribution >= 4 is 9.76 Å². The molecule has 1 nitrogen and oxygen atoms in total. The highest BCUT2D eigenvalue weighted by molar-refractivity contribution is 6.31. The molecule has 0 saturated carbocycles. The summed E-state index contributed by atoms with van der Waals surface area (Å²) in [5.74, 6) is 0. The fraction of sp³-hybridized carbons (Fsp3) is 0.750. The van der Waals surface area contributed by atoms with Gasteiger partial charge in [-0.1, -0.05) is 6.92 Å². The van der Waals surface area contributed by atoms with Crippen molar-refractivity contribution in [3.63, 3.8) is 0 Å². The molecule has 0 aliphatic heterocycles. The lowest BCUT2D eigenvalue weighted by molar-refractivity contribution is 0.364. The minimum atomic E-state index is -0.203. The Morgan fingerprint density at radius 3 is 2.67 bits per heavy atom. The molecule has 0 spiro atoms. The van der Waals surface area contributed by atoms with Gasteiger partial charge in [0.05, 0.1) is 0 Å². The van der Waals surface area contributed by atoms with Crippen molar-refractivity contribution in [2.45, 2.75) is 13.8 Å². The topological polar surface area (TPSA) is 9.23 Å². The molecule has 0 bridgehead atoms. The molecular formula is C4H11OSi. The first kappa shape index (κ1) is 6.18. The summed E-state index contributed by atoms with van der Waals surface area (Å²) in [5.41, 5.74) is 0. The highest BCUT2D eigenvalue weighted by Crippen LogP contribution is 1.70. The van der Waals surface area contributed by atoms with E-state index >= 15 is 0 Å². The van der Waals surface area contributed by atoms with Gasteiger partial charge in [-0.3, -0.25) is 0 Å². The average Bonchev–Trinajstić information content (AvgIpc) is 1.61. The van der Waals surface area contributed by atoms with Crippen molar-refractivity contribution in [1.82, 2.24) is 0 Å². The van der Waals surface area contributed by atoms with Crippen LogP contribution < -0.4 is 0 Å². The molecule has 37 valence electrons. The normalized spacial score (nSPS) is 11.0. The van der Waals surface area contributed by atoms with Crippen molar-refractivity contribution in [2.24, 2.45) is 0 Å². The van der Waals surface area contributed by atoms with E-state index in [1.807, 2.05) is 13.8 Å². The Balaban J connectivity index is 2.34. The van der Waals surface area contributed by atoms with E-state index in [-0.39, 0.29) is 9.76 Å². The third-order valence-electron chi connectivity index (χ3n) is 0.489. The third kappa shape index (κ3) is 4.18. The second-order valence-corrected chi connectivity index (χ2v) is 2.63. The van der Waals surface area contributed by atoms with Gasteiger partial charge in [-0.05, 0) is 13.0 Å². The SMILES string of the molecule is C[CH][SiH2]OCC. The second kappa shape index (κ2) is 5.18. The van der Waals surface area contributed by atoms with Crippen molar-refractivity contribution in [1.29, 1.82) is 0 Å². The Kier molecular flexibility index (Phi) is 5.33. The first-order chi connectivity index (χ1) is 2.91. The summed E-state index contributed by atoms with van der Waals surface area (Å²) in [6.45, 7) is 4.95. The van der Waals surface area contributed by atoms with Crippen molar-refractivity contribution in [3.8, 4) is 0 Å². The van der Waals surface area contributed by atoms with Crippen LogP contribution in [0.25, 0.3) is 0 Å². The van der Waals surface area contributed by atoms with E-state index in [0.29, 0.717) is 0 Å². The monoisotopic (exact) mass is 103 g/mol. The Morgan fingerprint density at radius 2 is 2.50 bits per heavy atom. The van der Waals surface area contributed by atoms with E-state index in [2.05, 4.69) is 6.04 Å². The summed E-state index contributed by atoms with van der Waals surface area (Å²) in [4.78, 5) is 0. The van der Waals surface area contributed by atoms with Crippen molar-refractivity contribution in [3.05, 3.63) is 6.04 Å². The molecule has 6 heavy (non-hydrogen) atoms. The van der Waals surface area contributed by atoms with Crippen molar-refractivity contribution in [2.75, 3.05) is 6.61 Å². The maximum absolute atomic E-state index is 5.07. The van der Waals surface area contributed by atoms with Gasteiger partial charge in [0.1, 0.15) is 0 Å². The Hall–Kier alpha value is 0.177. The molecule has 0 aromatic rings. The third-order valence-corrected chi connectivity index (χ3v) is 1.47. The molecule has 0 unspecified atom stereocenters. The molecule has 0 aliphatic rings. The van der Waals surface area contributed by atoms with Crippen LogP contribution in [0.1, 0.15) is 13.8 Å². The fourth-order valence-corrected chi connectivity index (χ4v) is 0.707. The zero-order valence-electron chi connectivity index (χ0n) is 4.40. The quantitative estimate of drug-likeness (QED) is 0.368. The van der Waals surface area contributed by atoms with E-state index in [4.69, 9.17) is 4.43 Å². The fourth-order valence-electron chi connectivity index (χ4n) is 0.236. The number of hydrogen-bond donors (Lipinski definition) is 0. The van der Waals surface area contributed by atoms with Gasteiger partial charge in [0, 0.05) is 6.61 Å². The molecule has 0 heterocycles. The molecule has 1 radical (unpaired) electrons. The Labute approximate surface area is 41.6 Å². The Morgan fingerprint density at radius 1 is 1.83 bits per heavy atom. The summed E-state index contributed by atoms with van der Waals surface area (Å²) in [5, 5.41) is 0. The molecule has 0 aromatic heterocycles. The van der Waals surface area contributed by atoms with Gasteiger partial charge in [-0.2, -0.15) is 0 Å². The summed E-state index contributed by atoms with van der Waals surface area (Å²) in [6, 6.07) is 2.13.